The van der Waals surface area contributed by atoms with Crippen LogP contribution < -0.4 is 29.1 Å². The van der Waals surface area contributed by atoms with E-state index in [4.69, 9.17) is 30.5 Å². The molecule has 1 atom stereocenters. The van der Waals surface area contributed by atoms with E-state index in [1.54, 1.807) is 44.4 Å². The third-order valence-electron chi connectivity index (χ3n) is 6.69. The Hall–Kier alpha value is -3.86. The summed E-state index contributed by atoms with van der Waals surface area (Å²) in [7, 11) is 4.37. The highest BCUT2D eigenvalue weighted by Crippen LogP contribution is 2.38. The van der Waals surface area contributed by atoms with Crippen LogP contribution >= 0.6 is 38.9 Å². The lowest BCUT2D eigenvalue weighted by Crippen LogP contribution is -2.40. The second kappa shape index (κ2) is 12.6. The van der Waals surface area contributed by atoms with Gasteiger partial charge in [-0.25, -0.2) is 9.79 Å². The number of carbonyl (C=O) groups is 1. The van der Waals surface area contributed by atoms with Crippen molar-refractivity contribution in [3.63, 3.8) is 0 Å². The van der Waals surface area contributed by atoms with Gasteiger partial charge in [0.1, 0.15) is 18.4 Å². The van der Waals surface area contributed by atoms with Gasteiger partial charge in [-0.2, -0.15) is 0 Å². The van der Waals surface area contributed by atoms with Crippen molar-refractivity contribution in [1.82, 2.24) is 4.57 Å². The second-order valence-electron chi connectivity index (χ2n) is 9.27. The molecule has 0 spiro atoms. The number of esters is 1. The lowest BCUT2D eigenvalue weighted by Gasteiger charge is -2.25. The molecule has 0 saturated heterocycles. The molecule has 0 saturated carbocycles. The summed E-state index contributed by atoms with van der Waals surface area (Å²) in [5.74, 6) is 0.920. The zero-order chi connectivity index (χ0) is 30.0. The van der Waals surface area contributed by atoms with Crippen molar-refractivity contribution in [2.24, 2.45) is 4.99 Å². The minimum atomic E-state index is -0.862. The lowest BCUT2D eigenvalue weighted by molar-refractivity contribution is -0.136. The van der Waals surface area contributed by atoms with Crippen molar-refractivity contribution in [3.8, 4) is 17.2 Å². The van der Waals surface area contributed by atoms with Crippen LogP contribution in [0.5, 0.6) is 17.2 Å². The maximum absolute atomic E-state index is 14.0. The molecule has 1 aromatic heterocycles. The number of aromatic nitrogens is 1. The molecule has 0 fully saturated rings. The van der Waals surface area contributed by atoms with Gasteiger partial charge in [-0.15, -0.1) is 0 Å². The summed E-state index contributed by atoms with van der Waals surface area (Å²) in [5.41, 5.74) is 2.59. The first-order valence-corrected chi connectivity index (χ1v) is 14.7. The van der Waals surface area contributed by atoms with Crippen LogP contribution in [0.1, 0.15) is 29.7 Å². The van der Waals surface area contributed by atoms with Crippen LogP contribution in [0, 0.1) is 0 Å². The van der Waals surface area contributed by atoms with Gasteiger partial charge in [-0.05, 0) is 70.4 Å². The van der Waals surface area contributed by atoms with Crippen molar-refractivity contribution in [3.05, 3.63) is 118 Å². The Morgan fingerprint density at radius 1 is 1.07 bits per heavy atom. The zero-order valence-electron chi connectivity index (χ0n) is 23.1. The van der Waals surface area contributed by atoms with Crippen LogP contribution in [0.3, 0.4) is 0 Å². The third kappa shape index (κ3) is 5.74. The normalized spacial score (nSPS) is 14.7. The molecule has 0 radical (unpaired) electrons. The fraction of sp³-hybridized carbons (Fsp3) is 0.194. The van der Waals surface area contributed by atoms with Crippen LogP contribution in [-0.2, 0) is 16.1 Å². The van der Waals surface area contributed by atoms with Crippen molar-refractivity contribution in [1.29, 1.82) is 0 Å². The first kappa shape index (κ1) is 29.6. The summed E-state index contributed by atoms with van der Waals surface area (Å²) in [5, 5.41) is 0.429. The van der Waals surface area contributed by atoms with Crippen molar-refractivity contribution < 1.29 is 23.7 Å². The highest BCUT2D eigenvalue weighted by Gasteiger charge is 2.35. The van der Waals surface area contributed by atoms with E-state index in [0.717, 1.165) is 5.56 Å². The van der Waals surface area contributed by atoms with Gasteiger partial charge in [0.05, 0.1) is 41.6 Å². The SMILES string of the molecule is COC(=O)C1=C(C)N=c2s/c(=C\c3cc(Br)c(OCc4ccccc4)c(OC)c3)c(=O)n2[C@@H]1c1cc(Cl)ccc1OC. The van der Waals surface area contributed by atoms with E-state index in [2.05, 4.69) is 20.9 Å². The number of benzene rings is 3. The van der Waals surface area contributed by atoms with Crippen LogP contribution in [0.25, 0.3) is 6.08 Å². The molecule has 0 unspecified atom stereocenters. The number of rotatable bonds is 8. The van der Waals surface area contributed by atoms with Gasteiger partial charge >= 0.3 is 5.97 Å². The first-order valence-electron chi connectivity index (χ1n) is 12.7. The molecule has 1 aliphatic heterocycles. The van der Waals surface area contributed by atoms with Crippen molar-refractivity contribution >= 4 is 50.9 Å². The van der Waals surface area contributed by atoms with E-state index in [1.165, 1.54) is 30.1 Å². The predicted molar refractivity (Wildman–Crippen MR) is 165 cm³/mol. The number of hydrogen-bond acceptors (Lipinski definition) is 8. The predicted octanol–water partition coefficient (Wildman–Crippen LogP) is 5.42. The number of thiazole rings is 1. The van der Waals surface area contributed by atoms with Gasteiger partial charge in [0.25, 0.3) is 5.56 Å². The fourth-order valence-electron chi connectivity index (χ4n) is 4.75. The third-order valence-corrected chi connectivity index (χ3v) is 8.50. The van der Waals surface area contributed by atoms with Crippen LogP contribution in [0.4, 0.5) is 0 Å². The van der Waals surface area contributed by atoms with Gasteiger partial charge in [-0.1, -0.05) is 53.3 Å². The van der Waals surface area contributed by atoms with Crippen LogP contribution in [0.15, 0.2) is 86.2 Å². The Morgan fingerprint density at radius 2 is 1.81 bits per heavy atom. The number of carbonyl (C=O) groups excluding carboxylic acids is 1. The number of hydrogen-bond donors (Lipinski definition) is 0. The second-order valence-corrected chi connectivity index (χ2v) is 11.6. The van der Waals surface area contributed by atoms with E-state index < -0.39 is 12.0 Å². The van der Waals surface area contributed by atoms with Crippen molar-refractivity contribution in [2.75, 3.05) is 21.3 Å². The molecular weight excluding hydrogens is 644 g/mol. The molecule has 0 aliphatic carbocycles. The summed E-state index contributed by atoms with van der Waals surface area (Å²) in [4.78, 5) is 32.0. The highest BCUT2D eigenvalue weighted by molar-refractivity contribution is 9.10. The average Bonchev–Trinajstić information content (AvgIpc) is 3.29. The Labute approximate surface area is 259 Å². The Morgan fingerprint density at radius 3 is 2.50 bits per heavy atom. The van der Waals surface area contributed by atoms with E-state index in [9.17, 15) is 9.59 Å². The number of methoxy groups -OCH3 is 3. The zero-order valence-corrected chi connectivity index (χ0v) is 26.3. The fourth-order valence-corrected chi connectivity index (χ4v) is 6.55. The molecule has 2 heterocycles. The molecule has 8 nitrogen and oxygen atoms in total. The number of allylic oxidation sites excluding steroid dienone is 1. The molecule has 11 heteroatoms. The topological polar surface area (TPSA) is 88.4 Å². The molecule has 0 amide bonds. The summed E-state index contributed by atoms with van der Waals surface area (Å²) < 4.78 is 24.9. The molecule has 0 bridgehead atoms. The Balaban J connectivity index is 1.63. The molecule has 42 heavy (non-hydrogen) atoms. The van der Waals surface area contributed by atoms with E-state index >= 15 is 0 Å². The highest BCUT2D eigenvalue weighted by atomic mass is 79.9. The van der Waals surface area contributed by atoms with Gasteiger partial charge < -0.3 is 18.9 Å². The lowest BCUT2D eigenvalue weighted by atomic mass is 9.95. The monoisotopic (exact) mass is 668 g/mol. The molecule has 3 aromatic carbocycles. The molecule has 1 aliphatic rings. The Kier molecular flexibility index (Phi) is 8.86. The minimum absolute atomic E-state index is 0.223. The smallest absolute Gasteiger partial charge is 0.338 e. The van der Waals surface area contributed by atoms with E-state index in [1.807, 2.05) is 36.4 Å². The summed E-state index contributed by atoms with van der Waals surface area (Å²) in [6, 6.07) is 17.7. The van der Waals surface area contributed by atoms with Gasteiger partial charge in [0.2, 0.25) is 0 Å². The van der Waals surface area contributed by atoms with Crippen LogP contribution in [-0.4, -0.2) is 31.9 Å². The maximum atomic E-state index is 14.0. The van der Waals surface area contributed by atoms with Crippen molar-refractivity contribution in [2.45, 2.75) is 19.6 Å². The molecular formula is C31H26BrClN2O6S. The quantitative estimate of drug-likeness (QED) is 0.233. The van der Waals surface area contributed by atoms with E-state index in [-0.39, 0.29) is 11.1 Å². The van der Waals surface area contributed by atoms with E-state index in [0.29, 0.717) is 59.5 Å². The van der Waals surface area contributed by atoms with Gasteiger partial charge in [0, 0.05) is 10.6 Å². The molecule has 5 rings (SSSR count). The number of nitrogens with zero attached hydrogens (tertiary/aromatic N) is 2. The summed E-state index contributed by atoms with van der Waals surface area (Å²) in [6.07, 6.45) is 1.75. The molecule has 0 N–H and O–H groups in total. The standard InChI is InChI=1S/C31H26BrClN2O6S/c1-17-26(30(37)40-4)27(21-15-20(33)10-11-23(21)38-2)35-29(36)25(42-31(35)34-17)14-19-12-22(32)28(24(13-19)39-3)41-16-18-8-6-5-7-9-18/h5-15,27H,16H2,1-4H3/b25-14-/t27-/m1/s1. The average molecular weight is 670 g/mol. The number of fused-ring (bicyclic) bond motifs is 1. The number of ether oxygens (including phenoxy) is 4. The van der Waals surface area contributed by atoms with Gasteiger partial charge in [-0.3, -0.25) is 9.36 Å². The summed E-state index contributed by atoms with van der Waals surface area (Å²) in [6.45, 7) is 2.08. The maximum Gasteiger partial charge on any atom is 0.338 e. The van der Waals surface area contributed by atoms with Crippen LogP contribution in [0.2, 0.25) is 5.02 Å². The number of halogens is 2. The Bertz CT molecular complexity index is 1880. The van der Waals surface area contributed by atoms with Gasteiger partial charge in [0.15, 0.2) is 16.3 Å². The largest absolute Gasteiger partial charge is 0.496 e. The molecule has 216 valence electrons. The summed E-state index contributed by atoms with van der Waals surface area (Å²) >= 11 is 11.2. The first-order chi connectivity index (χ1) is 20.2. The minimum Gasteiger partial charge on any atom is -0.496 e. The molecule has 4 aromatic rings.